The minimum atomic E-state index is -4.67. The van der Waals surface area contributed by atoms with Crippen LogP contribution in [0.25, 0.3) is 11.0 Å². The third kappa shape index (κ3) is 3.82. The van der Waals surface area contributed by atoms with Crippen molar-refractivity contribution in [1.29, 1.82) is 0 Å². The predicted octanol–water partition coefficient (Wildman–Crippen LogP) is 2.60. The Bertz CT molecular complexity index is 918. The van der Waals surface area contributed by atoms with Gasteiger partial charge in [-0.3, -0.25) is 9.78 Å². The van der Waals surface area contributed by atoms with Gasteiger partial charge in [0.15, 0.2) is 0 Å². The summed E-state index contributed by atoms with van der Waals surface area (Å²) in [6, 6.07) is 9.50. The van der Waals surface area contributed by atoms with Crippen molar-refractivity contribution in [3.05, 3.63) is 60.2 Å². The lowest BCUT2D eigenvalue weighted by Gasteiger charge is -2.10. The molecule has 0 aliphatic carbocycles. The van der Waals surface area contributed by atoms with Crippen molar-refractivity contribution in [3.8, 4) is 0 Å². The Labute approximate surface area is 140 Å². The van der Waals surface area contributed by atoms with E-state index in [0.717, 1.165) is 4.57 Å². The molecule has 0 saturated carbocycles. The molecule has 1 aromatic carbocycles. The summed E-state index contributed by atoms with van der Waals surface area (Å²) in [5.74, 6) is -1.83. The maximum Gasteiger partial charge on any atom is 0.449 e. The number of para-hydroxylation sites is 2. The normalized spacial score (nSPS) is 12.0. The van der Waals surface area contributed by atoms with E-state index in [1.54, 1.807) is 30.5 Å². The molecule has 3 rings (SSSR count). The van der Waals surface area contributed by atoms with Crippen LogP contribution in [0.5, 0.6) is 0 Å². The van der Waals surface area contributed by atoms with E-state index in [1.165, 1.54) is 24.5 Å². The highest BCUT2D eigenvalue weighted by atomic mass is 19.4. The number of pyridine rings is 1. The third-order valence-corrected chi connectivity index (χ3v) is 3.30. The Morgan fingerprint density at radius 2 is 2.04 bits per heavy atom. The molecule has 0 fully saturated rings. The van der Waals surface area contributed by atoms with Crippen LogP contribution in [-0.2, 0) is 17.5 Å². The zero-order valence-electron chi connectivity index (χ0n) is 12.7. The Hall–Kier alpha value is -3.23. The first-order chi connectivity index (χ1) is 11.9. The SMILES string of the molecule is O=C(Cn1c(C(F)(F)F)nc2ccccc21)N/N=C\c1cccnc1. The number of carbonyl (C=O) groups is 1. The molecular formula is C16H12F3N5O. The average Bonchev–Trinajstić information content (AvgIpc) is 2.95. The molecule has 2 heterocycles. The van der Waals surface area contributed by atoms with Gasteiger partial charge in [-0.25, -0.2) is 10.4 Å². The maximum atomic E-state index is 13.2. The summed E-state index contributed by atoms with van der Waals surface area (Å²) in [5, 5.41) is 3.71. The molecule has 25 heavy (non-hydrogen) atoms. The number of aromatic nitrogens is 3. The van der Waals surface area contributed by atoms with Crippen LogP contribution in [0, 0.1) is 0 Å². The van der Waals surface area contributed by atoms with Gasteiger partial charge in [0.05, 0.1) is 17.2 Å². The molecule has 0 aliphatic rings. The number of nitrogens with one attached hydrogen (secondary N) is 1. The number of benzene rings is 1. The van der Waals surface area contributed by atoms with E-state index < -0.39 is 24.5 Å². The van der Waals surface area contributed by atoms with E-state index in [4.69, 9.17) is 0 Å². The van der Waals surface area contributed by atoms with Gasteiger partial charge in [-0.05, 0) is 18.2 Å². The first-order valence-corrected chi connectivity index (χ1v) is 7.19. The molecule has 6 nitrogen and oxygen atoms in total. The average molecular weight is 347 g/mol. The van der Waals surface area contributed by atoms with Crippen LogP contribution < -0.4 is 5.43 Å². The third-order valence-electron chi connectivity index (χ3n) is 3.30. The molecule has 1 N–H and O–H groups in total. The van der Waals surface area contributed by atoms with Crippen LogP contribution in [0.2, 0.25) is 0 Å². The van der Waals surface area contributed by atoms with Crippen LogP contribution in [0.4, 0.5) is 13.2 Å². The van der Waals surface area contributed by atoms with E-state index in [9.17, 15) is 18.0 Å². The van der Waals surface area contributed by atoms with Gasteiger partial charge in [0, 0.05) is 18.0 Å². The molecule has 128 valence electrons. The summed E-state index contributed by atoms with van der Waals surface area (Å²) < 4.78 is 40.3. The highest BCUT2D eigenvalue weighted by Crippen LogP contribution is 2.31. The van der Waals surface area contributed by atoms with Gasteiger partial charge in [0.2, 0.25) is 5.82 Å². The largest absolute Gasteiger partial charge is 0.449 e. The zero-order chi connectivity index (χ0) is 17.9. The van der Waals surface area contributed by atoms with Crippen LogP contribution in [0.1, 0.15) is 11.4 Å². The molecule has 0 spiro atoms. The Morgan fingerprint density at radius 1 is 1.24 bits per heavy atom. The van der Waals surface area contributed by atoms with Gasteiger partial charge in [0.25, 0.3) is 5.91 Å². The lowest BCUT2D eigenvalue weighted by Crippen LogP contribution is -2.26. The summed E-state index contributed by atoms with van der Waals surface area (Å²) in [6.07, 6.45) is -0.209. The number of hydrazone groups is 1. The highest BCUT2D eigenvalue weighted by Gasteiger charge is 2.37. The van der Waals surface area contributed by atoms with E-state index in [0.29, 0.717) is 5.56 Å². The number of halogens is 3. The van der Waals surface area contributed by atoms with Crippen LogP contribution >= 0.6 is 0 Å². The molecule has 3 aromatic rings. The molecule has 9 heteroatoms. The summed E-state index contributed by atoms with van der Waals surface area (Å²) in [5.41, 5.74) is 3.24. The molecule has 0 aliphatic heterocycles. The second-order valence-corrected chi connectivity index (χ2v) is 5.09. The number of alkyl halides is 3. The standard InChI is InChI=1S/C16H12F3N5O/c17-16(18,19)15-22-12-5-1-2-6-13(12)24(15)10-14(25)23-21-9-11-4-3-7-20-8-11/h1-9H,10H2,(H,23,25)/b21-9-. The summed E-state index contributed by atoms with van der Waals surface area (Å²) >= 11 is 0. The molecule has 0 unspecified atom stereocenters. The number of carbonyl (C=O) groups excluding carboxylic acids is 1. The topological polar surface area (TPSA) is 72.2 Å². The number of hydrogen-bond acceptors (Lipinski definition) is 4. The molecule has 0 bridgehead atoms. The highest BCUT2D eigenvalue weighted by molar-refractivity contribution is 5.83. The number of fused-ring (bicyclic) bond motifs is 1. The van der Waals surface area contributed by atoms with Crippen molar-refractivity contribution in [3.63, 3.8) is 0 Å². The second kappa shape index (κ2) is 6.71. The van der Waals surface area contributed by atoms with Crippen molar-refractivity contribution in [2.45, 2.75) is 12.7 Å². The molecule has 0 radical (unpaired) electrons. The minimum Gasteiger partial charge on any atom is -0.311 e. The van der Waals surface area contributed by atoms with Gasteiger partial charge in [0.1, 0.15) is 6.54 Å². The fraction of sp³-hybridized carbons (Fsp3) is 0.125. The van der Waals surface area contributed by atoms with Crippen molar-refractivity contribution in [1.82, 2.24) is 20.0 Å². The fourth-order valence-electron chi connectivity index (χ4n) is 2.26. The Morgan fingerprint density at radius 3 is 2.76 bits per heavy atom. The molecule has 0 atom stereocenters. The van der Waals surface area contributed by atoms with Crippen LogP contribution in [-0.4, -0.2) is 26.7 Å². The van der Waals surface area contributed by atoms with Crippen molar-refractivity contribution >= 4 is 23.2 Å². The van der Waals surface area contributed by atoms with Gasteiger partial charge in [-0.15, -0.1) is 0 Å². The number of nitrogens with zero attached hydrogens (tertiary/aromatic N) is 4. The summed E-state index contributed by atoms with van der Waals surface area (Å²) in [6.45, 7) is -0.556. The molecule has 0 saturated heterocycles. The van der Waals surface area contributed by atoms with Crippen LogP contribution in [0.15, 0.2) is 53.9 Å². The van der Waals surface area contributed by atoms with E-state index >= 15 is 0 Å². The number of rotatable bonds is 4. The summed E-state index contributed by atoms with van der Waals surface area (Å²) in [4.78, 5) is 19.4. The van der Waals surface area contributed by atoms with Crippen molar-refractivity contribution < 1.29 is 18.0 Å². The fourth-order valence-corrected chi connectivity index (χ4v) is 2.26. The quantitative estimate of drug-likeness (QED) is 0.582. The Kier molecular flexibility index (Phi) is 4.46. The van der Waals surface area contributed by atoms with Crippen molar-refractivity contribution in [2.24, 2.45) is 5.10 Å². The lowest BCUT2D eigenvalue weighted by atomic mass is 10.3. The van der Waals surface area contributed by atoms with Gasteiger partial charge in [-0.2, -0.15) is 18.3 Å². The predicted molar refractivity (Wildman–Crippen MR) is 84.7 cm³/mol. The van der Waals surface area contributed by atoms with E-state index in [1.807, 2.05) is 0 Å². The van der Waals surface area contributed by atoms with Gasteiger partial charge >= 0.3 is 6.18 Å². The Balaban J connectivity index is 1.80. The van der Waals surface area contributed by atoms with Crippen LogP contribution in [0.3, 0.4) is 0 Å². The number of amides is 1. The molecular weight excluding hydrogens is 335 g/mol. The maximum absolute atomic E-state index is 13.2. The van der Waals surface area contributed by atoms with Gasteiger partial charge < -0.3 is 4.57 Å². The smallest absolute Gasteiger partial charge is 0.311 e. The number of hydrogen-bond donors (Lipinski definition) is 1. The molecule has 2 aromatic heterocycles. The monoisotopic (exact) mass is 347 g/mol. The lowest BCUT2D eigenvalue weighted by molar-refractivity contribution is -0.147. The molecule has 1 amide bonds. The number of imidazole rings is 1. The first kappa shape index (κ1) is 16.6. The van der Waals surface area contributed by atoms with Gasteiger partial charge in [-0.1, -0.05) is 18.2 Å². The zero-order valence-corrected chi connectivity index (χ0v) is 12.7. The van der Waals surface area contributed by atoms with E-state index in [-0.39, 0.29) is 11.0 Å². The summed E-state index contributed by atoms with van der Waals surface area (Å²) in [7, 11) is 0. The van der Waals surface area contributed by atoms with E-state index in [2.05, 4.69) is 20.5 Å². The first-order valence-electron chi connectivity index (χ1n) is 7.19. The second-order valence-electron chi connectivity index (χ2n) is 5.09. The van der Waals surface area contributed by atoms with Crippen molar-refractivity contribution in [2.75, 3.05) is 0 Å². The minimum absolute atomic E-state index is 0.168.